The minimum atomic E-state index is -0.166. The molecule has 8 heteroatoms. The van der Waals surface area contributed by atoms with E-state index in [2.05, 4.69) is 15.6 Å². The molecular weight excluding hydrogens is 384 g/mol. The van der Waals surface area contributed by atoms with Crippen LogP contribution in [0.4, 0.5) is 5.69 Å². The van der Waals surface area contributed by atoms with E-state index in [-0.39, 0.29) is 31.1 Å². The van der Waals surface area contributed by atoms with E-state index in [1.54, 1.807) is 18.2 Å². The SMILES string of the molecule is O=C(Cn1c(CCNC(=O)C2CC2)nc2ccccc21)Nc1ccc2c(c1)OCO2. The summed E-state index contributed by atoms with van der Waals surface area (Å²) >= 11 is 0. The highest BCUT2D eigenvalue weighted by molar-refractivity contribution is 5.92. The molecule has 0 saturated heterocycles. The van der Waals surface area contributed by atoms with Crippen LogP contribution in [0.25, 0.3) is 11.0 Å². The van der Waals surface area contributed by atoms with Crippen molar-refractivity contribution in [2.75, 3.05) is 18.7 Å². The number of anilines is 1. The average molecular weight is 406 g/mol. The number of nitrogens with zero attached hydrogens (tertiary/aromatic N) is 2. The van der Waals surface area contributed by atoms with Gasteiger partial charge in [-0.15, -0.1) is 0 Å². The molecular formula is C22H22N4O4. The van der Waals surface area contributed by atoms with Crippen LogP contribution >= 0.6 is 0 Å². The first-order valence-electron chi connectivity index (χ1n) is 10.1. The van der Waals surface area contributed by atoms with Crippen LogP contribution in [0.2, 0.25) is 0 Å². The van der Waals surface area contributed by atoms with Crippen LogP contribution in [0.15, 0.2) is 42.5 Å². The highest BCUT2D eigenvalue weighted by atomic mass is 16.7. The zero-order valence-electron chi connectivity index (χ0n) is 16.4. The van der Waals surface area contributed by atoms with E-state index >= 15 is 0 Å². The van der Waals surface area contributed by atoms with Crippen LogP contribution in [0, 0.1) is 5.92 Å². The molecule has 154 valence electrons. The number of nitrogens with one attached hydrogen (secondary N) is 2. The third-order valence-electron chi connectivity index (χ3n) is 5.29. The third kappa shape index (κ3) is 3.80. The molecule has 2 aliphatic rings. The number of imidazole rings is 1. The Hall–Kier alpha value is -3.55. The lowest BCUT2D eigenvalue weighted by Gasteiger charge is -2.11. The first-order chi connectivity index (χ1) is 14.7. The second-order valence-electron chi connectivity index (χ2n) is 7.53. The van der Waals surface area contributed by atoms with Crippen LogP contribution in [0.1, 0.15) is 18.7 Å². The van der Waals surface area contributed by atoms with Gasteiger partial charge in [-0.05, 0) is 37.1 Å². The summed E-state index contributed by atoms with van der Waals surface area (Å²) in [7, 11) is 0. The second kappa shape index (κ2) is 7.70. The molecule has 1 saturated carbocycles. The monoisotopic (exact) mass is 406 g/mol. The van der Waals surface area contributed by atoms with Crippen molar-refractivity contribution in [3.63, 3.8) is 0 Å². The largest absolute Gasteiger partial charge is 0.454 e. The van der Waals surface area contributed by atoms with Crippen LogP contribution in [-0.4, -0.2) is 34.7 Å². The maximum absolute atomic E-state index is 12.8. The van der Waals surface area contributed by atoms with Crippen molar-refractivity contribution in [2.24, 2.45) is 5.92 Å². The molecule has 30 heavy (non-hydrogen) atoms. The van der Waals surface area contributed by atoms with E-state index < -0.39 is 0 Å². The summed E-state index contributed by atoms with van der Waals surface area (Å²) in [6, 6.07) is 13.0. The standard InChI is InChI=1S/C22H22N4O4/c27-21(24-15-7-8-18-19(11-15)30-13-29-18)12-26-17-4-2-1-3-16(17)25-20(26)9-10-23-22(28)14-5-6-14/h1-4,7-8,11,14H,5-6,9-10,12-13H2,(H,23,28)(H,24,27). The summed E-state index contributed by atoms with van der Waals surface area (Å²) in [6.07, 6.45) is 2.51. The highest BCUT2D eigenvalue weighted by Gasteiger charge is 2.29. The van der Waals surface area contributed by atoms with Gasteiger partial charge in [-0.2, -0.15) is 0 Å². The molecule has 0 unspecified atom stereocenters. The molecule has 3 aromatic rings. The molecule has 0 radical (unpaired) electrons. The minimum Gasteiger partial charge on any atom is -0.454 e. The number of rotatable bonds is 7. The second-order valence-corrected chi connectivity index (χ2v) is 7.53. The normalized spacial score (nSPS) is 14.7. The van der Waals surface area contributed by atoms with Crippen LogP contribution in [0.5, 0.6) is 11.5 Å². The molecule has 1 fully saturated rings. The van der Waals surface area contributed by atoms with Crippen LogP contribution < -0.4 is 20.1 Å². The third-order valence-corrected chi connectivity index (χ3v) is 5.29. The van der Waals surface area contributed by atoms with Gasteiger partial charge in [-0.3, -0.25) is 9.59 Å². The van der Waals surface area contributed by atoms with Gasteiger partial charge in [-0.1, -0.05) is 12.1 Å². The Kier molecular flexibility index (Phi) is 4.74. The van der Waals surface area contributed by atoms with Gasteiger partial charge >= 0.3 is 0 Å². The predicted octanol–water partition coefficient (Wildman–Crippen LogP) is 2.47. The zero-order chi connectivity index (χ0) is 20.5. The quantitative estimate of drug-likeness (QED) is 0.629. The Morgan fingerprint density at radius 3 is 2.80 bits per heavy atom. The molecule has 5 rings (SSSR count). The number of hydrogen-bond acceptors (Lipinski definition) is 5. The number of fused-ring (bicyclic) bond motifs is 2. The molecule has 8 nitrogen and oxygen atoms in total. The topological polar surface area (TPSA) is 94.5 Å². The lowest BCUT2D eigenvalue weighted by Crippen LogP contribution is -2.28. The molecule has 1 aliphatic heterocycles. The Labute approximate surface area is 173 Å². The fourth-order valence-electron chi connectivity index (χ4n) is 3.60. The summed E-state index contributed by atoms with van der Waals surface area (Å²) in [5, 5.41) is 5.87. The maximum atomic E-state index is 12.8. The van der Waals surface area contributed by atoms with E-state index in [1.807, 2.05) is 28.8 Å². The number of hydrogen-bond donors (Lipinski definition) is 2. The number of amides is 2. The summed E-state index contributed by atoms with van der Waals surface area (Å²) in [5.74, 6) is 2.18. The van der Waals surface area contributed by atoms with Gasteiger partial charge in [0.1, 0.15) is 12.4 Å². The Balaban J connectivity index is 1.30. The molecule has 0 bridgehead atoms. The number of aromatic nitrogens is 2. The lowest BCUT2D eigenvalue weighted by molar-refractivity contribution is -0.122. The molecule has 2 heterocycles. The van der Waals surface area contributed by atoms with E-state index in [9.17, 15) is 9.59 Å². The van der Waals surface area contributed by atoms with Crippen molar-refractivity contribution in [2.45, 2.75) is 25.8 Å². The van der Waals surface area contributed by atoms with Gasteiger partial charge in [0.05, 0.1) is 11.0 Å². The molecule has 2 aromatic carbocycles. The fourth-order valence-corrected chi connectivity index (χ4v) is 3.60. The lowest BCUT2D eigenvalue weighted by atomic mass is 10.2. The van der Waals surface area contributed by atoms with Crippen LogP contribution in [0.3, 0.4) is 0 Å². The number of carbonyl (C=O) groups excluding carboxylic acids is 2. The molecule has 0 atom stereocenters. The van der Waals surface area contributed by atoms with Crippen molar-refractivity contribution < 1.29 is 19.1 Å². The van der Waals surface area contributed by atoms with Crippen molar-refractivity contribution in [3.05, 3.63) is 48.3 Å². The van der Waals surface area contributed by atoms with E-state index in [1.165, 1.54) is 0 Å². The molecule has 1 aliphatic carbocycles. The number of ether oxygens (including phenoxy) is 2. The van der Waals surface area contributed by atoms with Crippen molar-refractivity contribution >= 4 is 28.5 Å². The van der Waals surface area contributed by atoms with E-state index in [0.29, 0.717) is 30.2 Å². The van der Waals surface area contributed by atoms with Crippen molar-refractivity contribution in [3.8, 4) is 11.5 Å². The highest BCUT2D eigenvalue weighted by Crippen LogP contribution is 2.34. The van der Waals surface area contributed by atoms with Crippen molar-refractivity contribution in [1.29, 1.82) is 0 Å². The van der Waals surface area contributed by atoms with Gasteiger partial charge in [0, 0.05) is 30.6 Å². The van der Waals surface area contributed by atoms with E-state index in [4.69, 9.17) is 9.47 Å². The minimum absolute atomic E-state index is 0.109. The smallest absolute Gasteiger partial charge is 0.244 e. The average Bonchev–Trinajstić information content (AvgIpc) is 3.40. The molecule has 2 amide bonds. The van der Waals surface area contributed by atoms with Gasteiger partial charge in [0.15, 0.2) is 11.5 Å². The molecule has 1 aromatic heterocycles. The maximum Gasteiger partial charge on any atom is 0.244 e. The fraction of sp³-hybridized carbons (Fsp3) is 0.318. The summed E-state index contributed by atoms with van der Waals surface area (Å²) in [4.78, 5) is 29.3. The first kappa shape index (κ1) is 18.5. The molecule has 2 N–H and O–H groups in total. The van der Waals surface area contributed by atoms with Crippen molar-refractivity contribution in [1.82, 2.24) is 14.9 Å². The molecule has 0 spiro atoms. The Bertz CT molecular complexity index is 1120. The van der Waals surface area contributed by atoms with Gasteiger partial charge in [0.25, 0.3) is 0 Å². The van der Waals surface area contributed by atoms with Crippen LogP contribution in [-0.2, 0) is 22.6 Å². The van der Waals surface area contributed by atoms with E-state index in [0.717, 1.165) is 29.7 Å². The summed E-state index contributed by atoms with van der Waals surface area (Å²) < 4.78 is 12.6. The Morgan fingerprint density at radius 2 is 1.93 bits per heavy atom. The zero-order valence-corrected chi connectivity index (χ0v) is 16.4. The number of para-hydroxylation sites is 2. The van der Waals surface area contributed by atoms with Gasteiger partial charge in [0.2, 0.25) is 18.6 Å². The first-order valence-corrected chi connectivity index (χ1v) is 10.1. The summed E-state index contributed by atoms with van der Waals surface area (Å²) in [6.45, 7) is 0.817. The predicted molar refractivity (Wildman–Crippen MR) is 110 cm³/mol. The Morgan fingerprint density at radius 1 is 1.10 bits per heavy atom. The van der Waals surface area contributed by atoms with Gasteiger partial charge in [-0.25, -0.2) is 4.98 Å². The van der Waals surface area contributed by atoms with Gasteiger partial charge < -0.3 is 24.7 Å². The number of benzene rings is 2. The number of carbonyl (C=O) groups is 2. The summed E-state index contributed by atoms with van der Waals surface area (Å²) in [5.41, 5.74) is 2.37.